The first-order valence-corrected chi connectivity index (χ1v) is 12.4. The number of thioether (sulfide) groups is 1. The maximum Gasteiger partial charge on any atom is 0.244 e. The van der Waals surface area contributed by atoms with Crippen LogP contribution in [0.5, 0.6) is 0 Å². The summed E-state index contributed by atoms with van der Waals surface area (Å²) < 4.78 is 41.8. The summed E-state index contributed by atoms with van der Waals surface area (Å²) >= 11 is 1.52. The van der Waals surface area contributed by atoms with Gasteiger partial charge in [-0.15, -0.1) is 0 Å². The Labute approximate surface area is 175 Å². The quantitative estimate of drug-likeness (QED) is 0.665. The van der Waals surface area contributed by atoms with Crippen molar-refractivity contribution < 1.29 is 17.6 Å². The van der Waals surface area contributed by atoms with Crippen molar-refractivity contribution in [3.8, 4) is 0 Å². The number of aryl methyl sites for hydroxylation is 1. The molecule has 8 heteroatoms. The highest BCUT2D eigenvalue weighted by molar-refractivity contribution is 7.98. The van der Waals surface area contributed by atoms with Gasteiger partial charge >= 0.3 is 0 Å². The molecule has 0 aromatic heterocycles. The van der Waals surface area contributed by atoms with Gasteiger partial charge in [0.1, 0.15) is 16.8 Å². The maximum atomic E-state index is 14.0. The molecule has 1 aliphatic rings. The molecule has 2 aromatic rings. The zero-order valence-corrected chi connectivity index (χ0v) is 17.9. The van der Waals surface area contributed by atoms with Gasteiger partial charge < -0.3 is 5.32 Å². The van der Waals surface area contributed by atoms with Crippen LogP contribution in [0.2, 0.25) is 0 Å². The van der Waals surface area contributed by atoms with Crippen molar-refractivity contribution in [3.05, 3.63) is 65.5 Å². The highest BCUT2D eigenvalue weighted by Crippen LogP contribution is 2.29. The number of nitrogens with one attached hydrogen (secondary N) is 2. The molecular weight excluding hydrogens is 411 g/mol. The second-order valence-electron chi connectivity index (χ2n) is 7.04. The summed E-state index contributed by atoms with van der Waals surface area (Å²) in [7, 11) is -4.16. The molecule has 2 aromatic carbocycles. The van der Waals surface area contributed by atoms with Gasteiger partial charge in [0.05, 0.1) is 6.04 Å². The lowest BCUT2D eigenvalue weighted by Gasteiger charge is -2.28. The molecule has 1 amide bonds. The Bertz CT molecular complexity index is 966. The van der Waals surface area contributed by atoms with Gasteiger partial charge in [0.25, 0.3) is 0 Å². The van der Waals surface area contributed by atoms with Crippen molar-refractivity contribution in [2.24, 2.45) is 0 Å². The minimum absolute atomic E-state index is 0.151. The summed E-state index contributed by atoms with van der Waals surface area (Å²) in [6.45, 7) is 0. The second-order valence-corrected chi connectivity index (χ2v) is 9.71. The van der Waals surface area contributed by atoms with Gasteiger partial charge in [0.2, 0.25) is 15.9 Å². The number of sulfonamides is 1. The summed E-state index contributed by atoms with van der Waals surface area (Å²) in [5, 5.41) is 3.00. The topological polar surface area (TPSA) is 75.3 Å². The van der Waals surface area contributed by atoms with E-state index in [1.807, 2.05) is 24.5 Å². The van der Waals surface area contributed by atoms with Crippen molar-refractivity contribution in [2.45, 2.75) is 42.7 Å². The molecule has 0 bridgehead atoms. The summed E-state index contributed by atoms with van der Waals surface area (Å²) in [5.41, 5.74) is 2.28. The maximum absolute atomic E-state index is 14.0. The molecule has 2 unspecified atom stereocenters. The molecule has 5 nitrogen and oxygen atoms in total. The number of rotatable bonds is 8. The molecule has 0 saturated heterocycles. The van der Waals surface area contributed by atoms with E-state index >= 15 is 0 Å². The fraction of sp³-hybridized carbons (Fsp3) is 0.381. The predicted molar refractivity (Wildman–Crippen MR) is 114 cm³/mol. The molecule has 0 aliphatic heterocycles. The fourth-order valence-electron chi connectivity index (χ4n) is 3.57. The summed E-state index contributed by atoms with van der Waals surface area (Å²) in [5.74, 6) is -0.634. The Kier molecular flexibility index (Phi) is 7.32. The summed E-state index contributed by atoms with van der Waals surface area (Å²) in [6.07, 6.45) is 4.93. The van der Waals surface area contributed by atoms with Crippen LogP contribution in [0.3, 0.4) is 0 Å². The monoisotopic (exact) mass is 436 g/mol. The van der Waals surface area contributed by atoms with E-state index in [0.717, 1.165) is 30.9 Å². The first-order valence-electron chi connectivity index (χ1n) is 9.56. The minimum Gasteiger partial charge on any atom is -0.348 e. The number of carbonyl (C=O) groups excluding carboxylic acids is 1. The van der Waals surface area contributed by atoms with Gasteiger partial charge in [-0.25, -0.2) is 12.8 Å². The van der Waals surface area contributed by atoms with Crippen LogP contribution in [0.15, 0.2) is 53.4 Å². The van der Waals surface area contributed by atoms with E-state index in [0.29, 0.717) is 12.2 Å². The Morgan fingerprint density at radius 2 is 1.93 bits per heavy atom. The molecule has 3 rings (SSSR count). The molecule has 0 radical (unpaired) electrons. The van der Waals surface area contributed by atoms with Crippen molar-refractivity contribution in [3.63, 3.8) is 0 Å². The Balaban J connectivity index is 1.78. The molecular formula is C21H25FN2O3S2. The molecule has 0 heterocycles. The van der Waals surface area contributed by atoms with Gasteiger partial charge in [0, 0.05) is 0 Å². The van der Waals surface area contributed by atoms with Gasteiger partial charge in [0.15, 0.2) is 0 Å². The Morgan fingerprint density at radius 1 is 1.21 bits per heavy atom. The van der Waals surface area contributed by atoms with Crippen LogP contribution in [0.1, 0.15) is 36.4 Å². The number of hydrogen-bond acceptors (Lipinski definition) is 4. The van der Waals surface area contributed by atoms with Gasteiger partial charge in [-0.1, -0.05) is 36.4 Å². The number of halogens is 1. The number of amides is 1. The lowest BCUT2D eigenvalue weighted by atomic mass is 9.87. The molecule has 29 heavy (non-hydrogen) atoms. The SMILES string of the molecule is CSCCC(NS(=O)(=O)c1ccccc1F)C(=O)NC1CCCc2ccccc21. The van der Waals surface area contributed by atoms with Gasteiger partial charge in [-0.2, -0.15) is 16.5 Å². The van der Waals surface area contributed by atoms with E-state index in [4.69, 9.17) is 0 Å². The van der Waals surface area contributed by atoms with Crippen LogP contribution in [0.25, 0.3) is 0 Å². The minimum atomic E-state index is -4.16. The fourth-order valence-corrected chi connectivity index (χ4v) is 5.35. The third-order valence-electron chi connectivity index (χ3n) is 5.04. The molecule has 0 spiro atoms. The van der Waals surface area contributed by atoms with E-state index in [1.54, 1.807) is 0 Å². The van der Waals surface area contributed by atoms with Crippen LogP contribution >= 0.6 is 11.8 Å². The number of hydrogen-bond donors (Lipinski definition) is 2. The van der Waals surface area contributed by atoms with Crippen LogP contribution in [0, 0.1) is 5.82 Å². The number of carbonyl (C=O) groups is 1. The lowest BCUT2D eigenvalue weighted by molar-refractivity contribution is -0.123. The van der Waals surface area contributed by atoms with E-state index in [-0.39, 0.29) is 11.9 Å². The predicted octanol–water partition coefficient (Wildman–Crippen LogP) is 3.42. The molecule has 1 aliphatic carbocycles. The van der Waals surface area contributed by atoms with E-state index in [9.17, 15) is 17.6 Å². The van der Waals surface area contributed by atoms with Crippen molar-refractivity contribution in [1.29, 1.82) is 0 Å². The van der Waals surface area contributed by atoms with Crippen molar-refractivity contribution >= 4 is 27.7 Å². The second kappa shape index (κ2) is 9.73. The summed E-state index contributed by atoms with van der Waals surface area (Å²) in [6, 6.07) is 12.0. The zero-order chi connectivity index (χ0) is 20.9. The highest BCUT2D eigenvalue weighted by Gasteiger charge is 2.30. The zero-order valence-electron chi connectivity index (χ0n) is 16.2. The third kappa shape index (κ3) is 5.38. The van der Waals surface area contributed by atoms with Crippen LogP contribution in [-0.4, -0.2) is 32.4 Å². The average Bonchev–Trinajstić information content (AvgIpc) is 2.71. The van der Waals surface area contributed by atoms with E-state index < -0.39 is 26.8 Å². The Morgan fingerprint density at radius 3 is 2.69 bits per heavy atom. The molecule has 156 valence electrons. The number of fused-ring (bicyclic) bond motifs is 1. The van der Waals surface area contributed by atoms with E-state index in [2.05, 4.69) is 16.1 Å². The van der Waals surface area contributed by atoms with E-state index in [1.165, 1.54) is 35.5 Å². The first kappa shape index (κ1) is 21.8. The molecule has 2 atom stereocenters. The normalized spacial score (nSPS) is 17.4. The van der Waals surface area contributed by atoms with Crippen LogP contribution in [-0.2, 0) is 21.2 Å². The summed E-state index contributed by atoms with van der Waals surface area (Å²) in [4.78, 5) is 12.5. The highest BCUT2D eigenvalue weighted by atomic mass is 32.2. The van der Waals surface area contributed by atoms with Crippen molar-refractivity contribution in [2.75, 3.05) is 12.0 Å². The Hall–Kier alpha value is -1.90. The molecule has 2 N–H and O–H groups in total. The van der Waals surface area contributed by atoms with Crippen LogP contribution in [0.4, 0.5) is 4.39 Å². The van der Waals surface area contributed by atoms with Gasteiger partial charge in [-0.05, 0) is 61.0 Å². The standard InChI is InChI=1S/C21H25FN2O3S2/c1-28-14-13-19(24-29(26,27)20-12-5-4-10-17(20)22)21(25)23-18-11-6-8-15-7-2-3-9-16(15)18/h2-5,7,9-10,12,18-19,24H,6,8,11,13-14H2,1H3,(H,23,25). The molecule has 0 saturated carbocycles. The van der Waals surface area contributed by atoms with Crippen LogP contribution < -0.4 is 10.0 Å². The first-order chi connectivity index (χ1) is 13.9. The average molecular weight is 437 g/mol. The molecule has 0 fully saturated rings. The lowest BCUT2D eigenvalue weighted by Crippen LogP contribution is -2.48. The number of benzene rings is 2. The smallest absolute Gasteiger partial charge is 0.244 e. The largest absolute Gasteiger partial charge is 0.348 e. The third-order valence-corrected chi connectivity index (χ3v) is 7.19. The van der Waals surface area contributed by atoms with Crippen molar-refractivity contribution in [1.82, 2.24) is 10.0 Å². The van der Waals surface area contributed by atoms with Gasteiger partial charge in [-0.3, -0.25) is 4.79 Å².